The Morgan fingerprint density at radius 1 is 1.25 bits per heavy atom. The zero-order chi connectivity index (χ0) is 14.5. The number of carbonyl (C=O) groups excluding carboxylic acids is 1. The van der Waals surface area contributed by atoms with Gasteiger partial charge in [0.2, 0.25) is 0 Å². The molecule has 104 valence electrons. The number of amides is 1. The number of nitrogens with one attached hydrogen (secondary N) is 1. The summed E-state index contributed by atoms with van der Waals surface area (Å²) in [5.74, 6) is -0.214. The Kier molecular flexibility index (Phi) is 4.63. The lowest BCUT2D eigenvalue weighted by molar-refractivity contribution is 0.0947. The Morgan fingerprint density at radius 2 is 1.95 bits per heavy atom. The molecule has 0 saturated carbocycles. The summed E-state index contributed by atoms with van der Waals surface area (Å²) in [6, 6.07) is 12.4. The van der Waals surface area contributed by atoms with Gasteiger partial charge < -0.3 is 15.2 Å². The number of methoxy groups -OCH3 is 1. The quantitative estimate of drug-likeness (QED) is 0.902. The van der Waals surface area contributed by atoms with Gasteiger partial charge in [-0.3, -0.25) is 4.79 Å². The predicted molar refractivity (Wildman–Crippen MR) is 80.0 cm³/mol. The summed E-state index contributed by atoms with van der Waals surface area (Å²) in [4.78, 5) is 12.0. The molecule has 0 bridgehead atoms. The van der Waals surface area contributed by atoms with E-state index < -0.39 is 0 Å². The second-order valence-corrected chi connectivity index (χ2v) is 5.08. The van der Waals surface area contributed by atoms with Gasteiger partial charge in [-0.25, -0.2) is 0 Å². The lowest BCUT2D eigenvalue weighted by Gasteiger charge is -2.09. The number of carbonyl (C=O) groups is 1. The number of aromatic hydroxyl groups is 1. The fourth-order valence-electron chi connectivity index (χ4n) is 1.75. The van der Waals surface area contributed by atoms with Crippen LogP contribution in [-0.4, -0.2) is 18.1 Å². The Hall–Kier alpha value is -2.01. The lowest BCUT2D eigenvalue weighted by Crippen LogP contribution is -2.22. The maximum absolute atomic E-state index is 12.0. The van der Waals surface area contributed by atoms with Gasteiger partial charge in [0.05, 0.1) is 12.7 Å². The minimum absolute atomic E-state index is 0.150. The van der Waals surface area contributed by atoms with Crippen molar-refractivity contribution in [2.45, 2.75) is 6.54 Å². The van der Waals surface area contributed by atoms with E-state index in [2.05, 4.69) is 21.2 Å². The molecule has 5 heteroatoms. The van der Waals surface area contributed by atoms with Crippen LogP contribution in [-0.2, 0) is 6.54 Å². The van der Waals surface area contributed by atoms with E-state index in [1.165, 1.54) is 7.11 Å². The molecule has 0 heterocycles. The maximum atomic E-state index is 12.0. The second-order valence-electron chi connectivity index (χ2n) is 4.17. The normalized spacial score (nSPS) is 10.1. The molecular weight excluding hydrogens is 322 g/mol. The Morgan fingerprint density at radius 3 is 2.60 bits per heavy atom. The van der Waals surface area contributed by atoms with Gasteiger partial charge in [-0.2, -0.15) is 0 Å². The molecule has 0 atom stereocenters. The van der Waals surface area contributed by atoms with Crippen LogP contribution in [0.15, 0.2) is 46.9 Å². The van der Waals surface area contributed by atoms with Gasteiger partial charge in [-0.1, -0.05) is 34.1 Å². The Labute approximate surface area is 125 Å². The summed E-state index contributed by atoms with van der Waals surface area (Å²) in [6.07, 6.45) is 0. The van der Waals surface area contributed by atoms with Crippen LogP contribution in [0.25, 0.3) is 0 Å². The zero-order valence-electron chi connectivity index (χ0n) is 10.9. The van der Waals surface area contributed by atoms with Crippen molar-refractivity contribution in [3.8, 4) is 11.5 Å². The summed E-state index contributed by atoms with van der Waals surface area (Å²) in [5, 5.41) is 12.7. The smallest absolute Gasteiger partial charge is 0.255 e. The van der Waals surface area contributed by atoms with E-state index in [0.29, 0.717) is 6.54 Å². The number of hydrogen-bond acceptors (Lipinski definition) is 3. The highest BCUT2D eigenvalue weighted by atomic mass is 79.9. The standard InChI is InChI=1S/C15H14BrNO3/c1-20-13-4-2-3-12(14(13)18)15(19)17-9-10-5-7-11(16)8-6-10/h2-8,18H,9H2,1H3,(H,17,19). The average Bonchev–Trinajstić information content (AvgIpc) is 2.46. The largest absolute Gasteiger partial charge is 0.504 e. The van der Waals surface area contributed by atoms with Crippen molar-refractivity contribution in [2.24, 2.45) is 0 Å². The summed E-state index contributed by atoms with van der Waals surface area (Å²) in [5.41, 5.74) is 1.17. The number of hydrogen-bond donors (Lipinski definition) is 2. The Balaban J connectivity index is 2.07. The minimum Gasteiger partial charge on any atom is -0.504 e. The molecular formula is C15H14BrNO3. The van der Waals surface area contributed by atoms with Crippen molar-refractivity contribution in [1.82, 2.24) is 5.32 Å². The number of para-hydroxylation sites is 1. The molecule has 1 amide bonds. The average molecular weight is 336 g/mol. The third-order valence-corrected chi connectivity index (χ3v) is 3.36. The van der Waals surface area contributed by atoms with Crippen molar-refractivity contribution in [1.29, 1.82) is 0 Å². The molecule has 20 heavy (non-hydrogen) atoms. The maximum Gasteiger partial charge on any atom is 0.255 e. The zero-order valence-corrected chi connectivity index (χ0v) is 12.5. The van der Waals surface area contributed by atoms with Gasteiger partial charge in [0.15, 0.2) is 11.5 Å². The highest BCUT2D eigenvalue weighted by Crippen LogP contribution is 2.29. The van der Waals surface area contributed by atoms with Gasteiger partial charge in [0, 0.05) is 11.0 Å². The molecule has 2 rings (SSSR count). The predicted octanol–water partition coefficient (Wildman–Crippen LogP) is 3.09. The van der Waals surface area contributed by atoms with Crippen LogP contribution in [0.2, 0.25) is 0 Å². The van der Waals surface area contributed by atoms with Gasteiger partial charge in [0.1, 0.15) is 0 Å². The molecule has 0 aliphatic rings. The molecule has 0 radical (unpaired) electrons. The minimum atomic E-state index is -0.343. The third-order valence-electron chi connectivity index (χ3n) is 2.83. The monoisotopic (exact) mass is 335 g/mol. The van der Waals surface area contributed by atoms with Gasteiger partial charge in [-0.15, -0.1) is 0 Å². The fraction of sp³-hybridized carbons (Fsp3) is 0.133. The van der Waals surface area contributed by atoms with Crippen LogP contribution in [0, 0.1) is 0 Å². The van der Waals surface area contributed by atoms with E-state index in [9.17, 15) is 9.90 Å². The van der Waals surface area contributed by atoms with E-state index in [1.54, 1.807) is 18.2 Å². The summed E-state index contributed by atoms with van der Waals surface area (Å²) in [6.45, 7) is 0.392. The van der Waals surface area contributed by atoms with Gasteiger partial charge in [-0.05, 0) is 29.8 Å². The van der Waals surface area contributed by atoms with Crippen molar-refractivity contribution in [3.05, 3.63) is 58.1 Å². The summed E-state index contributed by atoms with van der Waals surface area (Å²) in [7, 11) is 1.44. The van der Waals surface area contributed by atoms with Crippen LogP contribution >= 0.6 is 15.9 Å². The number of ether oxygens (including phenoxy) is 1. The molecule has 2 aromatic carbocycles. The van der Waals surface area contributed by atoms with E-state index in [4.69, 9.17) is 4.74 Å². The first kappa shape index (κ1) is 14.4. The van der Waals surface area contributed by atoms with Crippen LogP contribution in [0.5, 0.6) is 11.5 Å². The first-order valence-corrected chi connectivity index (χ1v) is 6.79. The highest BCUT2D eigenvalue weighted by Gasteiger charge is 2.14. The third kappa shape index (κ3) is 3.30. The van der Waals surface area contributed by atoms with E-state index in [1.807, 2.05) is 24.3 Å². The molecule has 0 fully saturated rings. The fourth-order valence-corrected chi connectivity index (χ4v) is 2.01. The molecule has 4 nitrogen and oxygen atoms in total. The van der Waals surface area contributed by atoms with Crippen molar-refractivity contribution < 1.29 is 14.6 Å². The highest BCUT2D eigenvalue weighted by molar-refractivity contribution is 9.10. The molecule has 0 aliphatic heterocycles. The van der Waals surface area contributed by atoms with E-state index in [-0.39, 0.29) is 23.0 Å². The summed E-state index contributed by atoms with van der Waals surface area (Å²) >= 11 is 3.35. The molecule has 0 aliphatic carbocycles. The number of phenolic OH excluding ortho intramolecular Hbond substituents is 1. The van der Waals surface area contributed by atoms with E-state index in [0.717, 1.165) is 10.0 Å². The van der Waals surface area contributed by atoms with Crippen molar-refractivity contribution >= 4 is 21.8 Å². The van der Waals surface area contributed by atoms with Crippen LogP contribution in [0.1, 0.15) is 15.9 Å². The number of phenols is 1. The van der Waals surface area contributed by atoms with Crippen LogP contribution in [0.4, 0.5) is 0 Å². The molecule has 2 N–H and O–H groups in total. The first-order valence-electron chi connectivity index (χ1n) is 6.00. The summed E-state index contributed by atoms with van der Waals surface area (Å²) < 4.78 is 5.96. The number of rotatable bonds is 4. The lowest BCUT2D eigenvalue weighted by atomic mass is 10.1. The molecule has 0 aromatic heterocycles. The van der Waals surface area contributed by atoms with Crippen molar-refractivity contribution in [2.75, 3.05) is 7.11 Å². The number of benzene rings is 2. The molecule has 0 unspecified atom stereocenters. The van der Waals surface area contributed by atoms with Crippen LogP contribution in [0.3, 0.4) is 0 Å². The van der Waals surface area contributed by atoms with Crippen LogP contribution < -0.4 is 10.1 Å². The molecule has 0 saturated heterocycles. The van der Waals surface area contributed by atoms with Crippen molar-refractivity contribution in [3.63, 3.8) is 0 Å². The second kappa shape index (κ2) is 6.43. The number of halogens is 1. The first-order chi connectivity index (χ1) is 9.61. The topological polar surface area (TPSA) is 58.6 Å². The van der Waals surface area contributed by atoms with E-state index >= 15 is 0 Å². The molecule has 2 aromatic rings. The van der Waals surface area contributed by atoms with Gasteiger partial charge >= 0.3 is 0 Å². The Bertz CT molecular complexity index is 611. The van der Waals surface area contributed by atoms with Gasteiger partial charge in [0.25, 0.3) is 5.91 Å². The SMILES string of the molecule is COc1cccc(C(=O)NCc2ccc(Br)cc2)c1O. The molecule has 0 spiro atoms.